The summed E-state index contributed by atoms with van der Waals surface area (Å²) in [5, 5.41) is 0. The minimum Gasteiger partial charge on any atom is -0.355 e. The van der Waals surface area contributed by atoms with Crippen LogP contribution in [0.15, 0.2) is 10.9 Å². The molecule has 1 fully saturated rings. The van der Waals surface area contributed by atoms with E-state index in [1.54, 1.807) is 6.92 Å². The van der Waals surface area contributed by atoms with Gasteiger partial charge in [0.15, 0.2) is 0 Å². The third-order valence-corrected chi connectivity index (χ3v) is 2.86. The highest BCUT2D eigenvalue weighted by molar-refractivity contribution is 5.38. The lowest BCUT2D eigenvalue weighted by Gasteiger charge is -2.35. The van der Waals surface area contributed by atoms with Crippen LogP contribution in [0.2, 0.25) is 0 Å². The van der Waals surface area contributed by atoms with Crippen LogP contribution >= 0.6 is 0 Å². The lowest BCUT2D eigenvalue weighted by Crippen LogP contribution is -2.47. The molecule has 2 heterocycles. The van der Waals surface area contributed by atoms with Crippen molar-refractivity contribution in [3.63, 3.8) is 0 Å². The number of hydrogen-bond donors (Lipinski definition) is 2. The van der Waals surface area contributed by atoms with Crippen LogP contribution in [0, 0.1) is 12.8 Å². The molecule has 1 saturated heterocycles. The molecule has 0 aliphatic carbocycles. The second kappa shape index (κ2) is 4.25. The summed E-state index contributed by atoms with van der Waals surface area (Å²) in [6.45, 7) is 5.66. The highest BCUT2D eigenvalue weighted by Crippen LogP contribution is 2.19. The standard InChI is InChI=1S/C11H18N4O/c1-7-3-9(12)6-15(5-7)10-4-11(16)14-8(2)13-10/h4,7,9H,3,5-6,12H2,1-2H3,(H,13,14,16). The minimum absolute atomic E-state index is 0.103. The van der Waals surface area contributed by atoms with Gasteiger partial charge in [-0.25, -0.2) is 4.98 Å². The summed E-state index contributed by atoms with van der Waals surface area (Å²) in [7, 11) is 0. The quantitative estimate of drug-likeness (QED) is 0.714. The van der Waals surface area contributed by atoms with Crippen molar-refractivity contribution in [2.24, 2.45) is 11.7 Å². The van der Waals surface area contributed by atoms with Crippen LogP contribution in [0.5, 0.6) is 0 Å². The van der Waals surface area contributed by atoms with E-state index < -0.39 is 0 Å². The van der Waals surface area contributed by atoms with E-state index in [2.05, 4.69) is 21.8 Å². The molecule has 0 bridgehead atoms. The van der Waals surface area contributed by atoms with E-state index in [4.69, 9.17) is 5.73 Å². The van der Waals surface area contributed by atoms with Gasteiger partial charge in [0, 0.05) is 25.2 Å². The number of nitrogens with one attached hydrogen (secondary N) is 1. The van der Waals surface area contributed by atoms with Gasteiger partial charge in [0.25, 0.3) is 5.56 Å². The lowest BCUT2D eigenvalue weighted by atomic mass is 9.97. The van der Waals surface area contributed by atoms with Gasteiger partial charge in [-0.15, -0.1) is 0 Å². The first-order chi connectivity index (χ1) is 7.54. The Balaban J connectivity index is 2.26. The summed E-state index contributed by atoms with van der Waals surface area (Å²) in [6.07, 6.45) is 1.04. The van der Waals surface area contributed by atoms with Crippen molar-refractivity contribution in [1.82, 2.24) is 9.97 Å². The molecule has 2 rings (SSSR count). The number of anilines is 1. The first-order valence-corrected chi connectivity index (χ1v) is 5.63. The van der Waals surface area contributed by atoms with Gasteiger partial charge in [-0.05, 0) is 19.3 Å². The molecule has 5 nitrogen and oxygen atoms in total. The zero-order chi connectivity index (χ0) is 11.7. The van der Waals surface area contributed by atoms with Gasteiger partial charge in [-0.1, -0.05) is 6.92 Å². The maximum Gasteiger partial charge on any atom is 0.252 e. The van der Waals surface area contributed by atoms with Gasteiger partial charge >= 0.3 is 0 Å². The van der Waals surface area contributed by atoms with Gasteiger partial charge in [0.05, 0.1) is 0 Å². The van der Waals surface area contributed by atoms with Crippen molar-refractivity contribution in [3.05, 3.63) is 22.2 Å². The zero-order valence-electron chi connectivity index (χ0n) is 9.73. The molecule has 2 unspecified atom stereocenters. The van der Waals surface area contributed by atoms with Crippen LogP contribution in [-0.4, -0.2) is 29.1 Å². The topological polar surface area (TPSA) is 75.0 Å². The van der Waals surface area contributed by atoms with Crippen molar-refractivity contribution in [1.29, 1.82) is 0 Å². The maximum absolute atomic E-state index is 11.4. The predicted molar refractivity (Wildman–Crippen MR) is 63.6 cm³/mol. The molecule has 0 amide bonds. The average Bonchev–Trinajstić information content (AvgIpc) is 2.14. The molecule has 0 radical (unpaired) electrons. The molecule has 1 aromatic heterocycles. The number of aromatic nitrogens is 2. The first-order valence-electron chi connectivity index (χ1n) is 5.63. The van der Waals surface area contributed by atoms with Gasteiger partial charge in [0.1, 0.15) is 11.6 Å². The van der Waals surface area contributed by atoms with E-state index in [1.165, 1.54) is 6.07 Å². The lowest BCUT2D eigenvalue weighted by molar-refractivity contribution is 0.399. The number of nitrogens with two attached hydrogens (primary N) is 1. The fourth-order valence-corrected chi connectivity index (χ4v) is 2.31. The molecular weight excluding hydrogens is 204 g/mol. The van der Waals surface area contributed by atoms with Crippen LogP contribution in [0.4, 0.5) is 5.82 Å². The fourth-order valence-electron chi connectivity index (χ4n) is 2.31. The summed E-state index contributed by atoms with van der Waals surface area (Å²) in [5.41, 5.74) is 5.87. The number of nitrogens with zero attached hydrogens (tertiary/aromatic N) is 2. The van der Waals surface area contributed by atoms with Gasteiger partial charge < -0.3 is 15.6 Å². The minimum atomic E-state index is -0.103. The Morgan fingerprint density at radius 1 is 1.56 bits per heavy atom. The summed E-state index contributed by atoms with van der Waals surface area (Å²) < 4.78 is 0. The van der Waals surface area contributed by atoms with Crippen molar-refractivity contribution >= 4 is 5.82 Å². The molecule has 1 aromatic rings. The van der Waals surface area contributed by atoms with Crippen LogP contribution in [0.25, 0.3) is 0 Å². The maximum atomic E-state index is 11.4. The third kappa shape index (κ3) is 2.41. The zero-order valence-corrected chi connectivity index (χ0v) is 9.73. The average molecular weight is 222 g/mol. The van der Waals surface area contributed by atoms with Crippen molar-refractivity contribution < 1.29 is 0 Å². The van der Waals surface area contributed by atoms with Crippen LogP contribution < -0.4 is 16.2 Å². The highest BCUT2D eigenvalue weighted by atomic mass is 16.1. The second-order valence-corrected chi connectivity index (χ2v) is 4.69. The Morgan fingerprint density at radius 2 is 2.31 bits per heavy atom. The Hall–Kier alpha value is -1.36. The molecule has 88 valence electrons. The van der Waals surface area contributed by atoms with Crippen LogP contribution in [-0.2, 0) is 0 Å². The molecule has 1 aliphatic heterocycles. The molecule has 5 heteroatoms. The van der Waals surface area contributed by atoms with E-state index in [1.807, 2.05) is 0 Å². The monoisotopic (exact) mass is 222 g/mol. The Labute approximate surface area is 94.7 Å². The Bertz CT molecular complexity index is 418. The summed E-state index contributed by atoms with van der Waals surface area (Å²) in [4.78, 5) is 20.5. The number of H-pyrrole nitrogens is 1. The van der Waals surface area contributed by atoms with E-state index in [0.29, 0.717) is 11.7 Å². The summed E-state index contributed by atoms with van der Waals surface area (Å²) in [6, 6.07) is 1.71. The molecular formula is C11H18N4O. The van der Waals surface area contributed by atoms with E-state index in [-0.39, 0.29) is 11.6 Å². The number of aromatic amines is 1. The van der Waals surface area contributed by atoms with Gasteiger partial charge in [-0.3, -0.25) is 4.79 Å². The summed E-state index contributed by atoms with van der Waals surface area (Å²) in [5.74, 6) is 1.93. The molecule has 16 heavy (non-hydrogen) atoms. The summed E-state index contributed by atoms with van der Waals surface area (Å²) >= 11 is 0. The molecule has 2 atom stereocenters. The third-order valence-electron chi connectivity index (χ3n) is 2.86. The van der Waals surface area contributed by atoms with Crippen LogP contribution in [0.1, 0.15) is 19.2 Å². The fraction of sp³-hybridized carbons (Fsp3) is 0.636. The van der Waals surface area contributed by atoms with Crippen molar-refractivity contribution in [2.75, 3.05) is 18.0 Å². The number of hydrogen-bond acceptors (Lipinski definition) is 4. The smallest absolute Gasteiger partial charge is 0.252 e. The van der Waals surface area contributed by atoms with E-state index in [9.17, 15) is 4.79 Å². The normalized spacial score (nSPS) is 25.8. The van der Waals surface area contributed by atoms with Crippen LogP contribution in [0.3, 0.4) is 0 Å². The number of piperidine rings is 1. The van der Waals surface area contributed by atoms with E-state index in [0.717, 1.165) is 25.3 Å². The molecule has 0 aromatic carbocycles. The Morgan fingerprint density at radius 3 is 2.94 bits per heavy atom. The molecule has 1 aliphatic rings. The van der Waals surface area contributed by atoms with Crippen molar-refractivity contribution in [3.8, 4) is 0 Å². The second-order valence-electron chi connectivity index (χ2n) is 4.69. The number of rotatable bonds is 1. The molecule has 0 spiro atoms. The predicted octanol–water partition coefficient (Wildman–Crippen LogP) is 0.252. The molecule has 0 saturated carbocycles. The SMILES string of the molecule is Cc1nc(N2CC(C)CC(N)C2)cc(=O)[nH]1. The van der Waals surface area contributed by atoms with Crippen molar-refractivity contribution in [2.45, 2.75) is 26.3 Å². The number of aryl methyl sites for hydroxylation is 1. The van der Waals surface area contributed by atoms with Gasteiger partial charge in [-0.2, -0.15) is 0 Å². The van der Waals surface area contributed by atoms with E-state index >= 15 is 0 Å². The highest BCUT2D eigenvalue weighted by Gasteiger charge is 2.23. The molecule has 3 N–H and O–H groups in total. The Kier molecular flexibility index (Phi) is 2.96. The first kappa shape index (κ1) is 11.1. The van der Waals surface area contributed by atoms with Gasteiger partial charge in [0.2, 0.25) is 0 Å². The largest absolute Gasteiger partial charge is 0.355 e.